The molecule has 1 aromatic carbocycles. The van der Waals surface area contributed by atoms with Crippen LogP contribution in [0, 0.1) is 5.92 Å². The average molecular weight is 311 g/mol. The zero-order valence-corrected chi connectivity index (χ0v) is 13.7. The molecule has 0 unspecified atom stereocenters. The van der Waals surface area contributed by atoms with Crippen LogP contribution < -0.4 is 4.72 Å². The molecule has 0 saturated carbocycles. The van der Waals surface area contributed by atoms with E-state index in [2.05, 4.69) is 18.6 Å². The minimum atomic E-state index is -3.39. The van der Waals surface area contributed by atoms with Crippen molar-refractivity contribution in [3.8, 4) is 0 Å². The number of hydrogen-bond acceptors (Lipinski definition) is 3. The molecule has 0 aromatic heterocycles. The van der Waals surface area contributed by atoms with Crippen molar-refractivity contribution in [1.82, 2.24) is 4.72 Å². The van der Waals surface area contributed by atoms with Crippen molar-refractivity contribution in [3.05, 3.63) is 29.3 Å². The van der Waals surface area contributed by atoms with Crippen molar-refractivity contribution in [2.75, 3.05) is 19.8 Å². The highest BCUT2D eigenvalue weighted by Gasteiger charge is 2.17. The second kappa shape index (κ2) is 7.38. The Labute approximate surface area is 127 Å². The van der Waals surface area contributed by atoms with Gasteiger partial charge in [0.1, 0.15) is 0 Å². The molecule has 21 heavy (non-hydrogen) atoms. The standard InChI is InChI=1S/C16H25NO3S/c1-13(2)12-20-10-4-9-17-21(18,19)16-8-7-14-5-3-6-15(14)11-16/h7-8,11,13,17H,3-6,9-10,12H2,1-2H3. The molecule has 4 nitrogen and oxygen atoms in total. The summed E-state index contributed by atoms with van der Waals surface area (Å²) in [5.74, 6) is 0.508. The van der Waals surface area contributed by atoms with Crippen LogP contribution in [0.1, 0.15) is 37.8 Å². The molecule has 2 rings (SSSR count). The van der Waals surface area contributed by atoms with Gasteiger partial charge in [0.25, 0.3) is 0 Å². The molecule has 1 N–H and O–H groups in total. The molecule has 0 bridgehead atoms. The summed E-state index contributed by atoms with van der Waals surface area (Å²) >= 11 is 0. The molecule has 0 heterocycles. The maximum atomic E-state index is 12.2. The SMILES string of the molecule is CC(C)COCCCNS(=O)(=O)c1ccc2c(c1)CCC2. The highest BCUT2D eigenvalue weighted by molar-refractivity contribution is 7.89. The van der Waals surface area contributed by atoms with E-state index >= 15 is 0 Å². The molecule has 118 valence electrons. The van der Waals surface area contributed by atoms with Gasteiger partial charge in [-0.3, -0.25) is 0 Å². The van der Waals surface area contributed by atoms with Crippen LogP contribution in [-0.2, 0) is 27.6 Å². The number of benzene rings is 1. The quantitative estimate of drug-likeness (QED) is 0.751. The Kier molecular flexibility index (Phi) is 5.79. The van der Waals surface area contributed by atoms with E-state index in [4.69, 9.17) is 4.74 Å². The van der Waals surface area contributed by atoms with Gasteiger partial charge >= 0.3 is 0 Å². The minimum Gasteiger partial charge on any atom is -0.381 e. The molecular formula is C16H25NO3S. The molecule has 0 aliphatic heterocycles. The van der Waals surface area contributed by atoms with Crippen molar-refractivity contribution in [3.63, 3.8) is 0 Å². The number of hydrogen-bond donors (Lipinski definition) is 1. The van der Waals surface area contributed by atoms with E-state index in [0.717, 1.165) is 25.9 Å². The summed E-state index contributed by atoms with van der Waals surface area (Å²) in [6.07, 6.45) is 3.87. The van der Waals surface area contributed by atoms with Gasteiger partial charge in [-0.2, -0.15) is 0 Å². The Morgan fingerprint density at radius 3 is 2.76 bits per heavy atom. The number of rotatable bonds is 8. The first-order chi connectivity index (χ1) is 9.99. The van der Waals surface area contributed by atoms with Gasteiger partial charge in [0.2, 0.25) is 10.0 Å². The molecule has 0 fully saturated rings. The molecule has 0 atom stereocenters. The number of ether oxygens (including phenoxy) is 1. The second-order valence-corrected chi connectivity index (χ2v) is 7.77. The summed E-state index contributed by atoms with van der Waals surface area (Å²) in [6, 6.07) is 5.48. The van der Waals surface area contributed by atoms with Crippen LogP contribution >= 0.6 is 0 Å². The Bertz CT molecular complexity index is 567. The average Bonchev–Trinajstić information content (AvgIpc) is 2.89. The third-order valence-corrected chi connectivity index (χ3v) is 5.05. The van der Waals surface area contributed by atoms with Crippen LogP contribution in [0.2, 0.25) is 0 Å². The number of fused-ring (bicyclic) bond motifs is 1. The molecule has 0 amide bonds. The fraction of sp³-hybridized carbons (Fsp3) is 0.625. The lowest BCUT2D eigenvalue weighted by atomic mass is 10.1. The summed E-state index contributed by atoms with van der Waals surface area (Å²) < 4.78 is 32.5. The molecule has 5 heteroatoms. The van der Waals surface area contributed by atoms with Crippen LogP contribution in [0.25, 0.3) is 0 Å². The van der Waals surface area contributed by atoms with E-state index in [9.17, 15) is 8.42 Å². The highest BCUT2D eigenvalue weighted by Crippen LogP contribution is 2.24. The van der Waals surface area contributed by atoms with Crippen molar-refractivity contribution in [1.29, 1.82) is 0 Å². The van der Waals surface area contributed by atoms with E-state index in [0.29, 0.717) is 30.4 Å². The summed E-state index contributed by atoms with van der Waals surface area (Å²) in [5, 5.41) is 0. The van der Waals surface area contributed by atoms with E-state index < -0.39 is 10.0 Å². The first-order valence-corrected chi connectivity index (χ1v) is 9.16. The molecular weight excluding hydrogens is 286 g/mol. The monoisotopic (exact) mass is 311 g/mol. The Morgan fingerprint density at radius 2 is 2.00 bits per heavy atom. The van der Waals surface area contributed by atoms with Crippen LogP contribution in [0.4, 0.5) is 0 Å². The van der Waals surface area contributed by atoms with Gasteiger partial charge in [-0.25, -0.2) is 13.1 Å². The first-order valence-electron chi connectivity index (χ1n) is 7.68. The fourth-order valence-electron chi connectivity index (χ4n) is 2.50. The number of sulfonamides is 1. The normalized spacial score (nSPS) is 14.6. The zero-order chi connectivity index (χ0) is 15.3. The van der Waals surface area contributed by atoms with E-state index in [1.807, 2.05) is 12.1 Å². The Balaban J connectivity index is 1.82. The van der Waals surface area contributed by atoms with Crippen molar-refractivity contribution < 1.29 is 13.2 Å². The third kappa shape index (κ3) is 4.80. The molecule has 0 saturated heterocycles. The zero-order valence-electron chi connectivity index (χ0n) is 12.9. The summed E-state index contributed by atoms with van der Waals surface area (Å²) in [5.41, 5.74) is 2.47. The van der Waals surface area contributed by atoms with Gasteiger partial charge in [-0.15, -0.1) is 0 Å². The van der Waals surface area contributed by atoms with Crippen LogP contribution in [-0.4, -0.2) is 28.2 Å². The first kappa shape index (κ1) is 16.5. The second-order valence-electron chi connectivity index (χ2n) is 6.00. The summed E-state index contributed by atoms with van der Waals surface area (Å²) in [7, 11) is -3.39. The maximum absolute atomic E-state index is 12.2. The Hall–Kier alpha value is -0.910. The molecule has 0 radical (unpaired) electrons. The predicted molar refractivity (Wildman–Crippen MR) is 83.9 cm³/mol. The minimum absolute atomic E-state index is 0.381. The van der Waals surface area contributed by atoms with E-state index in [1.54, 1.807) is 6.07 Å². The maximum Gasteiger partial charge on any atom is 0.240 e. The van der Waals surface area contributed by atoms with E-state index in [-0.39, 0.29) is 0 Å². The van der Waals surface area contributed by atoms with Crippen molar-refractivity contribution >= 4 is 10.0 Å². The van der Waals surface area contributed by atoms with Gasteiger partial charge < -0.3 is 4.74 Å². The molecule has 1 aromatic rings. The van der Waals surface area contributed by atoms with Gasteiger partial charge in [0.15, 0.2) is 0 Å². The lowest BCUT2D eigenvalue weighted by molar-refractivity contribution is 0.108. The van der Waals surface area contributed by atoms with Gasteiger partial charge in [-0.05, 0) is 54.9 Å². The van der Waals surface area contributed by atoms with E-state index in [1.165, 1.54) is 11.1 Å². The largest absolute Gasteiger partial charge is 0.381 e. The number of nitrogens with one attached hydrogen (secondary N) is 1. The fourth-order valence-corrected chi connectivity index (χ4v) is 3.62. The van der Waals surface area contributed by atoms with Gasteiger partial charge in [0.05, 0.1) is 4.90 Å². The molecule has 0 spiro atoms. The third-order valence-electron chi connectivity index (χ3n) is 3.59. The lowest BCUT2D eigenvalue weighted by Crippen LogP contribution is -2.25. The number of aryl methyl sites for hydroxylation is 2. The van der Waals surface area contributed by atoms with Crippen LogP contribution in [0.5, 0.6) is 0 Å². The molecule has 1 aliphatic carbocycles. The summed E-state index contributed by atoms with van der Waals surface area (Å²) in [6.45, 7) is 5.91. The van der Waals surface area contributed by atoms with Crippen LogP contribution in [0.3, 0.4) is 0 Å². The molecule has 1 aliphatic rings. The summed E-state index contributed by atoms with van der Waals surface area (Å²) in [4.78, 5) is 0.381. The highest BCUT2D eigenvalue weighted by atomic mass is 32.2. The van der Waals surface area contributed by atoms with Gasteiger partial charge in [-0.1, -0.05) is 19.9 Å². The van der Waals surface area contributed by atoms with Crippen molar-refractivity contribution in [2.24, 2.45) is 5.92 Å². The predicted octanol–water partition coefficient (Wildman–Crippen LogP) is 2.52. The topological polar surface area (TPSA) is 55.4 Å². The smallest absolute Gasteiger partial charge is 0.240 e. The van der Waals surface area contributed by atoms with Crippen molar-refractivity contribution in [2.45, 2.75) is 44.4 Å². The van der Waals surface area contributed by atoms with Gasteiger partial charge in [0, 0.05) is 19.8 Å². The Morgan fingerprint density at radius 1 is 1.24 bits per heavy atom. The van der Waals surface area contributed by atoms with Crippen LogP contribution in [0.15, 0.2) is 23.1 Å². The lowest BCUT2D eigenvalue weighted by Gasteiger charge is -2.09.